The van der Waals surface area contributed by atoms with E-state index in [2.05, 4.69) is 22.6 Å². The summed E-state index contributed by atoms with van der Waals surface area (Å²) in [5.74, 6) is 0.0683. The van der Waals surface area contributed by atoms with Crippen LogP contribution in [0.25, 0.3) is 0 Å². The molecular weight excluding hydrogens is 178 g/mol. The first kappa shape index (κ1) is 11.5. The van der Waals surface area contributed by atoms with Gasteiger partial charge in [0.25, 0.3) is 0 Å². The van der Waals surface area contributed by atoms with Crippen LogP contribution in [-0.4, -0.2) is 50.1 Å². The van der Waals surface area contributed by atoms with E-state index in [1.165, 1.54) is 0 Å². The van der Waals surface area contributed by atoms with E-state index in [1.54, 1.807) is 6.92 Å². The first-order chi connectivity index (χ1) is 6.68. The van der Waals surface area contributed by atoms with Crippen LogP contribution in [-0.2, 0) is 4.79 Å². The van der Waals surface area contributed by atoms with Crippen molar-refractivity contribution in [3.63, 3.8) is 0 Å². The fraction of sp³-hybridized carbons (Fsp3) is 0.900. The molecule has 1 aliphatic rings. The van der Waals surface area contributed by atoms with Crippen LogP contribution in [0, 0.1) is 0 Å². The molecule has 1 unspecified atom stereocenters. The third-order valence-corrected chi connectivity index (χ3v) is 2.56. The van der Waals surface area contributed by atoms with Gasteiger partial charge in [0.2, 0.25) is 5.91 Å². The lowest BCUT2D eigenvalue weighted by Gasteiger charge is -2.30. The first-order valence-corrected chi connectivity index (χ1v) is 5.35. The van der Waals surface area contributed by atoms with E-state index >= 15 is 0 Å². The number of nitrogens with one attached hydrogen (secondary N) is 2. The molecule has 0 radical (unpaired) electrons. The highest BCUT2D eigenvalue weighted by atomic mass is 16.1. The topological polar surface area (TPSA) is 44.4 Å². The average Bonchev–Trinajstić information content (AvgIpc) is 2.12. The van der Waals surface area contributed by atoms with Crippen LogP contribution in [0.1, 0.15) is 19.8 Å². The van der Waals surface area contributed by atoms with Crippen LogP contribution >= 0.6 is 0 Å². The number of carbonyl (C=O) groups excluding carboxylic acids is 1. The Balaban J connectivity index is 2.03. The van der Waals surface area contributed by atoms with E-state index in [-0.39, 0.29) is 5.91 Å². The molecule has 1 rings (SSSR count). The Labute approximate surface area is 86.0 Å². The van der Waals surface area contributed by atoms with E-state index in [0.717, 1.165) is 39.0 Å². The minimum Gasteiger partial charge on any atom is -0.356 e. The Bertz CT molecular complexity index is 184. The normalized spacial score (nSPS) is 23.4. The molecule has 1 heterocycles. The fourth-order valence-corrected chi connectivity index (χ4v) is 1.80. The lowest BCUT2D eigenvalue weighted by atomic mass is 10.1. The first-order valence-electron chi connectivity index (χ1n) is 5.35. The van der Waals surface area contributed by atoms with Crippen molar-refractivity contribution >= 4 is 5.91 Å². The maximum Gasteiger partial charge on any atom is 0.216 e. The summed E-state index contributed by atoms with van der Waals surface area (Å²) in [6.07, 6.45) is 2.20. The molecule has 0 aromatic carbocycles. The molecule has 82 valence electrons. The SMILES string of the molecule is CC(=O)NCCCC1CN(C)CCN1. The largest absolute Gasteiger partial charge is 0.356 e. The summed E-state index contributed by atoms with van der Waals surface area (Å²) in [5, 5.41) is 6.30. The lowest BCUT2D eigenvalue weighted by Crippen LogP contribution is -2.49. The molecule has 0 saturated carbocycles. The summed E-state index contributed by atoms with van der Waals surface area (Å²) >= 11 is 0. The molecule has 1 saturated heterocycles. The molecule has 0 aromatic heterocycles. The van der Waals surface area contributed by atoms with Gasteiger partial charge in [-0.1, -0.05) is 0 Å². The molecule has 0 aromatic rings. The van der Waals surface area contributed by atoms with E-state index < -0.39 is 0 Å². The van der Waals surface area contributed by atoms with Gasteiger partial charge in [0.1, 0.15) is 0 Å². The Hall–Kier alpha value is -0.610. The summed E-state index contributed by atoms with van der Waals surface area (Å²) in [5.41, 5.74) is 0. The number of amides is 1. The van der Waals surface area contributed by atoms with Crippen LogP contribution in [0.15, 0.2) is 0 Å². The van der Waals surface area contributed by atoms with Crippen molar-refractivity contribution in [1.82, 2.24) is 15.5 Å². The van der Waals surface area contributed by atoms with Gasteiger partial charge in [-0.3, -0.25) is 4.79 Å². The van der Waals surface area contributed by atoms with Gasteiger partial charge in [0.15, 0.2) is 0 Å². The van der Waals surface area contributed by atoms with Crippen molar-refractivity contribution in [3.8, 4) is 0 Å². The minimum atomic E-state index is 0.0683. The molecule has 1 aliphatic heterocycles. The Morgan fingerprint density at radius 1 is 1.64 bits per heavy atom. The molecule has 14 heavy (non-hydrogen) atoms. The standard InChI is InChI=1S/C10H21N3O/c1-9(14)11-5-3-4-10-8-13(2)7-6-12-10/h10,12H,3-8H2,1-2H3,(H,11,14). The van der Waals surface area contributed by atoms with Gasteiger partial charge in [0.05, 0.1) is 0 Å². The van der Waals surface area contributed by atoms with Gasteiger partial charge in [-0.05, 0) is 19.9 Å². The van der Waals surface area contributed by atoms with E-state index in [9.17, 15) is 4.79 Å². The highest BCUT2D eigenvalue weighted by Gasteiger charge is 2.15. The number of likely N-dealkylation sites (N-methyl/N-ethyl adjacent to an activating group) is 1. The molecule has 0 bridgehead atoms. The monoisotopic (exact) mass is 199 g/mol. The van der Waals surface area contributed by atoms with Crippen molar-refractivity contribution in [2.45, 2.75) is 25.8 Å². The summed E-state index contributed by atoms with van der Waals surface area (Å²) in [4.78, 5) is 13.0. The van der Waals surface area contributed by atoms with Crippen LogP contribution in [0.5, 0.6) is 0 Å². The van der Waals surface area contributed by atoms with Crippen LogP contribution < -0.4 is 10.6 Å². The maximum atomic E-state index is 10.6. The zero-order valence-corrected chi connectivity index (χ0v) is 9.18. The average molecular weight is 199 g/mol. The van der Waals surface area contributed by atoms with Gasteiger partial charge in [0, 0.05) is 39.1 Å². The van der Waals surface area contributed by atoms with Crippen molar-refractivity contribution in [1.29, 1.82) is 0 Å². The van der Waals surface area contributed by atoms with Gasteiger partial charge in [-0.25, -0.2) is 0 Å². The third kappa shape index (κ3) is 4.58. The van der Waals surface area contributed by atoms with E-state index in [1.807, 2.05) is 0 Å². The summed E-state index contributed by atoms with van der Waals surface area (Å²) in [6, 6.07) is 0.600. The summed E-state index contributed by atoms with van der Waals surface area (Å²) in [6.45, 7) is 5.72. The van der Waals surface area contributed by atoms with E-state index in [4.69, 9.17) is 0 Å². The predicted molar refractivity (Wildman–Crippen MR) is 57.2 cm³/mol. The molecular formula is C10H21N3O. The number of piperazine rings is 1. The second kappa shape index (κ2) is 5.98. The Morgan fingerprint density at radius 3 is 3.07 bits per heavy atom. The smallest absolute Gasteiger partial charge is 0.216 e. The Kier molecular flexibility index (Phi) is 4.90. The van der Waals surface area contributed by atoms with Crippen molar-refractivity contribution in [2.24, 2.45) is 0 Å². The molecule has 2 N–H and O–H groups in total. The van der Waals surface area contributed by atoms with Crippen LogP contribution in [0.2, 0.25) is 0 Å². The van der Waals surface area contributed by atoms with Crippen molar-refractivity contribution < 1.29 is 4.79 Å². The molecule has 0 spiro atoms. The summed E-state index contributed by atoms with van der Waals surface area (Å²) in [7, 11) is 2.15. The van der Waals surface area contributed by atoms with Gasteiger partial charge >= 0.3 is 0 Å². The number of hydrogen-bond acceptors (Lipinski definition) is 3. The third-order valence-electron chi connectivity index (χ3n) is 2.56. The van der Waals surface area contributed by atoms with E-state index in [0.29, 0.717) is 6.04 Å². The number of rotatable bonds is 4. The van der Waals surface area contributed by atoms with Gasteiger partial charge < -0.3 is 15.5 Å². The van der Waals surface area contributed by atoms with Crippen LogP contribution in [0.4, 0.5) is 0 Å². The molecule has 4 heteroatoms. The zero-order chi connectivity index (χ0) is 10.4. The molecule has 1 atom stereocenters. The van der Waals surface area contributed by atoms with Crippen molar-refractivity contribution in [3.05, 3.63) is 0 Å². The maximum absolute atomic E-state index is 10.6. The van der Waals surface area contributed by atoms with Crippen LogP contribution in [0.3, 0.4) is 0 Å². The second-order valence-electron chi connectivity index (χ2n) is 4.04. The number of hydrogen-bond donors (Lipinski definition) is 2. The highest BCUT2D eigenvalue weighted by Crippen LogP contribution is 2.02. The van der Waals surface area contributed by atoms with Crippen molar-refractivity contribution in [2.75, 3.05) is 33.2 Å². The highest BCUT2D eigenvalue weighted by molar-refractivity contribution is 5.72. The predicted octanol–water partition coefficient (Wildman–Crippen LogP) is -0.194. The molecule has 0 aliphatic carbocycles. The quantitative estimate of drug-likeness (QED) is 0.617. The Morgan fingerprint density at radius 2 is 2.43 bits per heavy atom. The lowest BCUT2D eigenvalue weighted by molar-refractivity contribution is -0.118. The molecule has 1 fully saturated rings. The molecule has 4 nitrogen and oxygen atoms in total. The number of carbonyl (C=O) groups is 1. The zero-order valence-electron chi connectivity index (χ0n) is 9.18. The minimum absolute atomic E-state index is 0.0683. The fourth-order valence-electron chi connectivity index (χ4n) is 1.80. The number of nitrogens with zero attached hydrogens (tertiary/aromatic N) is 1. The second-order valence-corrected chi connectivity index (χ2v) is 4.04. The summed E-state index contributed by atoms with van der Waals surface area (Å²) < 4.78 is 0. The molecule has 1 amide bonds. The van der Waals surface area contributed by atoms with Gasteiger partial charge in [-0.2, -0.15) is 0 Å². The van der Waals surface area contributed by atoms with Gasteiger partial charge in [-0.15, -0.1) is 0 Å².